The molecule has 0 saturated heterocycles. The molecule has 0 N–H and O–H groups in total. The molecule has 1 aliphatic heterocycles. The predicted molar refractivity (Wildman–Crippen MR) is 110 cm³/mol. The maximum Gasteiger partial charge on any atom is 0.283 e. The van der Waals surface area contributed by atoms with Crippen molar-refractivity contribution in [3.63, 3.8) is 0 Å². The second-order valence-electron chi connectivity index (χ2n) is 5.50. The first kappa shape index (κ1) is 19.2. The van der Waals surface area contributed by atoms with Crippen LogP contribution in [-0.4, -0.2) is 23.9 Å². The third kappa shape index (κ3) is 4.07. The molecule has 3 rings (SSSR count). The zero-order valence-corrected chi connectivity index (χ0v) is 16.1. The van der Waals surface area contributed by atoms with Gasteiger partial charge < -0.3 is 4.74 Å². The number of halogens is 2. The molecule has 0 bridgehead atoms. The minimum atomic E-state index is -0.417. The first-order valence-electron chi connectivity index (χ1n) is 8.01. The largest absolute Gasteiger partial charge is 0.495 e. The van der Waals surface area contributed by atoms with Crippen molar-refractivity contribution in [2.24, 2.45) is 4.99 Å². The number of thioether (sulfide) groups is 1. The van der Waals surface area contributed by atoms with Crippen LogP contribution >= 0.6 is 23.4 Å². The van der Waals surface area contributed by atoms with Gasteiger partial charge in [-0.3, -0.25) is 9.69 Å². The average Bonchev–Trinajstić information content (AvgIpc) is 2.97. The van der Waals surface area contributed by atoms with Gasteiger partial charge in [-0.15, -0.1) is 6.58 Å². The quantitative estimate of drug-likeness (QED) is 0.513. The number of anilines is 1. The lowest BCUT2D eigenvalue weighted by atomic mass is 10.1. The number of aliphatic imine (C=N–C) groups is 1. The molecule has 0 aromatic heterocycles. The SMILES string of the molecule is C=CCSC1=N/C(=C\c2ccccc2F)C(=O)N1c1ccc(OC)c(Cl)c1. The van der Waals surface area contributed by atoms with Crippen LogP contribution < -0.4 is 9.64 Å². The number of methoxy groups -OCH3 is 1. The van der Waals surface area contributed by atoms with E-state index in [1.165, 1.54) is 35.9 Å². The minimum Gasteiger partial charge on any atom is -0.495 e. The van der Waals surface area contributed by atoms with E-state index in [0.717, 1.165) is 0 Å². The van der Waals surface area contributed by atoms with Crippen LogP contribution in [0.25, 0.3) is 6.08 Å². The van der Waals surface area contributed by atoms with Crippen molar-refractivity contribution in [3.05, 3.63) is 77.2 Å². The summed E-state index contributed by atoms with van der Waals surface area (Å²) in [6, 6.07) is 11.3. The molecule has 0 radical (unpaired) electrons. The summed E-state index contributed by atoms with van der Waals surface area (Å²) in [5.41, 5.74) is 1.00. The molecule has 0 unspecified atom stereocenters. The number of hydrogen-bond acceptors (Lipinski definition) is 4. The van der Waals surface area contributed by atoms with E-state index < -0.39 is 5.82 Å². The molecule has 27 heavy (non-hydrogen) atoms. The fourth-order valence-electron chi connectivity index (χ4n) is 2.49. The van der Waals surface area contributed by atoms with Gasteiger partial charge in [-0.05, 0) is 30.3 Å². The zero-order chi connectivity index (χ0) is 19.4. The number of ether oxygens (including phenoxy) is 1. The van der Waals surface area contributed by atoms with E-state index >= 15 is 0 Å². The fourth-order valence-corrected chi connectivity index (χ4v) is 3.49. The van der Waals surface area contributed by atoms with Crippen molar-refractivity contribution in [1.29, 1.82) is 0 Å². The van der Waals surface area contributed by atoms with E-state index in [9.17, 15) is 9.18 Å². The molecule has 138 valence electrons. The van der Waals surface area contributed by atoms with Gasteiger partial charge in [0.2, 0.25) is 0 Å². The first-order valence-corrected chi connectivity index (χ1v) is 9.38. The van der Waals surface area contributed by atoms with Crippen LogP contribution in [0.2, 0.25) is 5.02 Å². The molecule has 2 aromatic carbocycles. The van der Waals surface area contributed by atoms with E-state index in [4.69, 9.17) is 16.3 Å². The number of amides is 1. The van der Waals surface area contributed by atoms with E-state index in [1.807, 2.05) is 0 Å². The van der Waals surface area contributed by atoms with Crippen molar-refractivity contribution in [3.8, 4) is 5.75 Å². The third-order valence-corrected chi connectivity index (χ3v) is 4.98. The van der Waals surface area contributed by atoms with Gasteiger partial charge in [0.05, 0.1) is 17.8 Å². The highest BCUT2D eigenvalue weighted by atomic mass is 35.5. The Bertz CT molecular complexity index is 959. The van der Waals surface area contributed by atoms with Crippen molar-refractivity contribution in [2.45, 2.75) is 0 Å². The Morgan fingerprint density at radius 1 is 1.33 bits per heavy atom. The summed E-state index contributed by atoms with van der Waals surface area (Å²) in [6.07, 6.45) is 3.16. The molecule has 0 atom stereocenters. The number of carbonyl (C=O) groups is 1. The maximum absolute atomic E-state index is 14.0. The van der Waals surface area contributed by atoms with E-state index in [1.54, 1.807) is 42.5 Å². The Kier molecular flexibility index (Phi) is 5.98. The van der Waals surface area contributed by atoms with Crippen LogP contribution in [-0.2, 0) is 4.79 Å². The van der Waals surface area contributed by atoms with Gasteiger partial charge in [-0.2, -0.15) is 0 Å². The highest BCUT2D eigenvalue weighted by Gasteiger charge is 2.32. The van der Waals surface area contributed by atoms with Gasteiger partial charge in [0.1, 0.15) is 17.3 Å². The Balaban J connectivity index is 2.02. The Morgan fingerprint density at radius 2 is 2.11 bits per heavy atom. The second kappa shape index (κ2) is 8.41. The van der Waals surface area contributed by atoms with Gasteiger partial charge in [0.25, 0.3) is 5.91 Å². The van der Waals surface area contributed by atoms with E-state index in [-0.39, 0.29) is 11.6 Å². The smallest absolute Gasteiger partial charge is 0.283 e. The van der Waals surface area contributed by atoms with Gasteiger partial charge in [-0.1, -0.05) is 47.6 Å². The van der Waals surface area contributed by atoms with Crippen molar-refractivity contribution in [1.82, 2.24) is 0 Å². The van der Waals surface area contributed by atoms with Crippen molar-refractivity contribution < 1.29 is 13.9 Å². The number of hydrogen-bond donors (Lipinski definition) is 0. The second-order valence-corrected chi connectivity index (χ2v) is 6.90. The van der Waals surface area contributed by atoms with Crippen LogP contribution in [0.5, 0.6) is 5.75 Å². The van der Waals surface area contributed by atoms with Gasteiger partial charge in [-0.25, -0.2) is 9.38 Å². The molecular formula is C20H16ClFN2O2S. The molecule has 0 spiro atoms. The summed E-state index contributed by atoms with van der Waals surface area (Å²) in [7, 11) is 1.52. The Labute approximate surface area is 166 Å². The summed E-state index contributed by atoms with van der Waals surface area (Å²) in [5, 5.41) is 0.853. The normalized spacial score (nSPS) is 15.2. The summed E-state index contributed by atoms with van der Waals surface area (Å²) < 4.78 is 19.1. The molecule has 0 saturated carbocycles. The molecule has 2 aromatic rings. The van der Waals surface area contributed by atoms with E-state index in [2.05, 4.69) is 11.6 Å². The van der Waals surface area contributed by atoms with Crippen LogP contribution in [0.3, 0.4) is 0 Å². The van der Waals surface area contributed by atoms with Crippen LogP contribution in [0.1, 0.15) is 5.56 Å². The Hall–Kier alpha value is -2.57. The minimum absolute atomic E-state index is 0.151. The molecule has 1 aliphatic rings. The van der Waals surface area contributed by atoms with Gasteiger partial charge in [0, 0.05) is 11.3 Å². The monoisotopic (exact) mass is 402 g/mol. The lowest BCUT2D eigenvalue weighted by Gasteiger charge is -2.18. The highest BCUT2D eigenvalue weighted by Crippen LogP contribution is 2.34. The summed E-state index contributed by atoms with van der Waals surface area (Å²) in [4.78, 5) is 18.8. The topological polar surface area (TPSA) is 41.9 Å². The van der Waals surface area contributed by atoms with Gasteiger partial charge >= 0.3 is 0 Å². The molecular weight excluding hydrogens is 387 g/mol. The number of rotatable bonds is 5. The molecule has 1 amide bonds. The standard InChI is InChI=1S/C20H16ClFN2O2S/c1-3-10-27-20-23-17(11-13-6-4-5-7-16(13)22)19(25)24(20)14-8-9-18(26-2)15(21)12-14/h3-9,11-12H,1,10H2,2H3/b17-11-. The lowest BCUT2D eigenvalue weighted by Crippen LogP contribution is -2.30. The number of nitrogens with zero attached hydrogens (tertiary/aromatic N) is 2. The van der Waals surface area contributed by atoms with Crippen molar-refractivity contribution >= 4 is 46.2 Å². The maximum atomic E-state index is 14.0. The van der Waals surface area contributed by atoms with Crippen LogP contribution in [0, 0.1) is 5.82 Å². The Morgan fingerprint density at radius 3 is 2.78 bits per heavy atom. The number of benzene rings is 2. The van der Waals surface area contributed by atoms with E-state index in [0.29, 0.717) is 32.9 Å². The average molecular weight is 403 g/mol. The molecule has 7 heteroatoms. The summed E-state index contributed by atoms with van der Waals surface area (Å²) in [6.45, 7) is 3.69. The molecule has 1 heterocycles. The number of carbonyl (C=O) groups excluding carboxylic acids is 1. The lowest BCUT2D eigenvalue weighted by molar-refractivity contribution is -0.113. The highest BCUT2D eigenvalue weighted by molar-refractivity contribution is 8.14. The molecule has 4 nitrogen and oxygen atoms in total. The first-order chi connectivity index (χ1) is 13.0. The van der Waals surface area contributed by atoms with Crippen LogP contribution in [0.4, 0.5) is 10.1 Å². The summed E-state index contributed by atoms with van der Waals surface area (Å²) >= 11 is 7.56. The predicted octanol–water partition coefficient (Wildman–Crippen LogP) is 5.15. The molecule has 0 fully saturated rings. The summed E-state index contributed by atoms with van der Waals surface area (Å²) in [5.74, 6) is 0.302. The van der Waals surface area contributed by atoms with Gasteiger partial charge in [0.15, 0.2) is 5.17 Å². The molecule has 0 aliphatic carbocycles. The fraction of sp³-hybridized carbons (Fsp3) is 0.100. The van der Waals surface area contributed by atoms with Crippen molar-refractivity contribution in [2.75, 3.05) is 17.8 Å². The van der Waals surface area contributed by atoms with Crippen LogP contribution in [0.15, 0.2) is 65.8 Å². The number of amidine groups is 1. The zero-order valence-electron chi connectivity index (χ0n) is 14.5. The third-order valence-electron chi connectivity index (χ3n) is 3.75.